The van der Waals surface area contributed by atoms with Crippen LogP contribution in [0.4, 0.5) is 0 Å². The van der Waals surface area contributed by atoms with Gasteiger partial charge in [-0.25, -0.2) is 4.98 Å². The van der Waals surface area contributed by atoms with Crippen molar-refractivity contribution in [1.29, 1.82) is 0 Å². The number of aromatic nitrogens is 1. The average Bonchev–Trinajstić information content (AvgIpc) is 2.64. The Bertz CT molecular complexity index is 354. The topological polar surface area (TPSA) is 42.1 Å². The van der Waals surface area contributed by atoms with Gasteiger partial charge in [0.05, 0.1) is 11.7 Å². The first kappa shape index (κ1) is 10.9. The molecule has 1 aromatic rings. The summed E-state index contributed by atoms with van der Waals surface area (Å²) < 4.78 is 0. The average molecular weight is 226 g/mol. The summed E-state index contributed by atoms with van der Waals surface area (Å²) in [5.41, 5.74) is 7.53. The second-order valence-electron chi connectivity index (χ2n) is 4.03. The van der Waals surface area contributed by atoms with E-state index in [-0.39, 0.29) is 0 Å². The first-order valence-corrected chi connectivity index (χ1v) is 5.66. The lowest BCUT2D eigenvalue weighted by Crippen LogP contribution is -2.18. The van der Waals surface area contributed by atoms with Gasteiger partial charge >= 0.3 is 0 Å². The molecule has 0 bridgehead atoms. The van der Waals surface area contributed by atoms with Crippen LogP contribution in [-0.4, -0.2) is 23.5 Å². The Morgan fingerprint density at radius 3 is 2.93 bits per heavy atom. The molecular formula is C11H16ClN3. The predicted molar refractivity (Wildman–Crippen MR) is 61.7 cm³/mol. The van der Waals surface area contributed by atoms with Gasteiger partial charge in [-0.2, -0.15) is 0 Å². The number of hydrogen-bond donors (Lipinski definition) is 1. The number of nitrogens with two attached hydrogens (primary N) is 1. The quantitative estimate of drug-likeness (QED) is 0.783. The van der Waals surface area contributed by atoms with E-state index in [0.29, 0.717) is 17.7 Å². The molecule has 1 aliphatic rings. The number of nitrogens with zero attached hydrogens (tertiary/aromatic N) is 2. The van der Waals surface area contributed by atoms with Crippen molar-refractivity contribution in [3.63, 3.8) is 0 Å². The third-order valence-corrected chi connectivity index (χ3v) is 3.36. The van der Waals surface area contributed by atoms with Crippen molar-refractivity contribution in [2.45, 2.75) is 25.4 Å². The Morgan fingerprint density at radius 2 is 2.40 bits per heavy atom. The van der Waals surface area contributed by atoms with Gasteiger partial charge in [0, 0.05) is 12.1 Å². The number of rotatable bonds is 2. The van der Waals surface area contributed by atoms with Crippen molar-refractivity contribution in [2.75, 3.05) is 13.6 Å². The van der Waals surface area contributed by atoms with Crippen molar-refractivity contribution in [3.8, 4) is 0 Å². The number of halogens is 1. The highest BCUT2D eigenvalue weighted by Crippen LogP contribution is 2.30. The van der Waals surface area contributed by atoms with Crippen molar-refractivity contribution >= 4 is 11.6 Å². The van der Waals surface area contributed by atoms with E-state index in [9.17, 15) is 0 Å². The Hall–Kier alpha value is -0.640. The van der Waals surface area contributed by atoms with Gasteiger partial charge in [-0.15, -0.1) is 0 Å². The van der Waals surface area contributed by atoms with Crippen LogP contribution in [0.3, 0.4) is 0 Å². The van der Waals surface area contributed by atoms with E-state index < -0.39 is 0 Å². The minimum absolute atomic E-state index is 0.425. The first-order chi connectivity index (χ1) is 7.22. The molecular weight excluding hydrogens is 210 g/mol. The van der Waals surface area contributed by atoms with Gasteiger partial charge in [0.25, 0.3) is 0 Å². The number of likely N-dealkylation sites (tertiary alicyclic amines) is 1. The van der Waals surface area contributed by atoms with Gasteiger partial charge in [-0.3, -0.25) is 4.90 Å². The van der Waals surface area contributed by atoms with Gasteiger partial charge in [-0.05, 0) is 32.5 Å². The maximum absolute atomic E-state index is 6.05. The lowest BCUT2D eigenvalue weighted by atomic mass is 10.1. The molecule has 82 valence electrons. The molecule has 3 nitrogen and oxygen atoms in total. The fourth-order valence-electron chi connectivity index (χ4n) is 2.10. The summed E-state index contributed by atoms with van der Waals surface area (Å²) in [5, 5.41) is 0.551. The standard InChI is InChI=1S/C11H16ClN3/c1-15-6-2-3-10(15)9-5-4-8(7-13)11(12)14-9/h4-5,10H,2-3,6-7,13H2,1H3. The molecule has 1 saturated heterocycles. The SMILES string of the molecule is CN1CCCC1c1ccc(CN)c(Cl)n1. The summed E-state index contributed by atoms with van der Waals surface area (Å²) in [4.78, 5) is 6.74. The molecule has 2 heterocycles. The van der Waals surface area contributed by atoms with E-state index in [4.69, 9.17) is 17.3 Å². The molecule has 0 spiro atoms. The maximum atomic E-state index is 6.05. The first-order valence-electron chi connectivity index (χ1n) is 5.28. The van der Waals surface area contributed by atoms with Crippen molar-refractivity contribution in [3.05, 3.63) is 28.5 Å². The molecule has 0 radical (unpaired) electrons. The molecule has 0 saturated carbocycles. The van der Waals surface area contributed by atoms with E-state index >= 15 is 0 Å². The maximum Gasteiger partial charge on any atom is 0.133 e. The van der Waals surface area contributed by atoms with E-state index in [2.05, 4.69) is 16.9 Å². The smallest absolute Gasteiger partial charge is 0.133 e. The van der Waals surface area contributed by atoms with Crippen LogP contribution >= 0.6 is 11.6 Å². The summed E-state index contributed by atoms with van der Waals surface area (Å²) in [5.74, 6) is 0. The Balaban J connectivity index is 2.25. The van der Waals surface area contributed by atoms with Gasteiger partial charge in [-0.1, -0.05) is 17.7 Å². The zero-order chi connectivity index (χ0) is 10.8. The monoisotopic (exact) mass is 225 g/mol. The van der Waals surface area contributed by atoms with Crippen LogP contribution in [0.15, 0.2) is 12.1 Å². The molecule has 1 unspecified atom stereocenters. The highest BCUT2D eigenvalue weighted by molar-refractivity contribution is 6.30. The molecule has 15 heavy (non-hydrogen) atoms. The van der Waals surface area contributed by atoms with Gasteiger partial charge in [0.1, 0.15) is 5.15 Å². The molecule has 0 aromatic carbocycles. The summed E-state index contributed by atoms with van der Waals surface area (Å²) >= 11 is 6.05. The van der Waals surface area contributed by atoms with Crippen LogP contribution < -0.4 is 5.73 Å². The lowest BCUT2D eigenvalue weighted by Gasteiger charge is -2.19. The van der Waals surface area contributed by atoms with Crippen LogP contribution in [0, 0.1) is 0 Å². The van der Waals surface area contributed by atoms with Crippen LogP contribution in [0.2, 0.25) is 5.15 Å². The Morgan fingerprint density at radius 1 is 1.60 bits per heavy atom. The van der Waals surface area contributed by atoms with Gasteiger partial charge in [0.15, 0.2) is 0 Å². The zero-order valence-corrected chi connectivity index (χ0v) is 9.67. The Kier molecular flexibility index (Phi) is 3.24. The molecule has 2 rings (SSSR count). The van der Waals surface area contributed by atoms with Gasteiger partial charge in [0.2, 0.25) is 0 Å². The molecule has 2 N–H and O–H groups in total. The summed E-state index contributed by atoms with van der Waals surface area (Å²) in [6.45, 7) is 1.59. The Labute approximate surface area is 95.2 Å². The fraction of sp³-hybridized carbons (Fsp3) is 0.545. The minimum Gasteiger partial charge on any atom is -0.326 e. The van der Waals surface area contributed by atoms with Gasteiger partial charge < -0.3 is 5.73 Å². The fourth-order valence-corrected chi connectivity index (χ4v) is 2.34. The minimum atomic E-state index is 0.425. The van der Waals surface area contributed by atoms with E-state index in [1.165, 1.54) is 12.8 Å². The van der Waals surface area contributed by atoms with Crippen molar-refractivity contribution in [2.24, 2.45) is 5.73 Å². The third-order valence-electron chi connectivity index (χ3n) is 3.03. The molecule has 1 aliphatic heterocycles. The molecule has 1 fully saturated rings. The molecule has 1 atom stereocenters. The molecule has 1 aromatic heterocycles. The van der Waals surface area contributed by atoms with Crippen LogP contribution in [0.5, 0.6) is 0 Å². The molecule has 0 aliphatic carbocycles. The van der Waals surface area contributed by atoms with E-state index in [1.54, 1.807) is 0 Å². The van der Waals surface area contributed by atoms with E-state index in [0.717, 1.165) is 17.8 Å². The van der Waals surface area contributed by atoms with Crippen molar-refractivity contribution < 1.29 is 0 Å². The summed E-state index contributed by atoms with van der Waals surface area (Å²) in [7, 11) is 2.13. The normalized spacial score (nSPS) is 22.2. The number of hydrogen-bond acceptors (Lipinski definition) is 3. The van der Waals surface area contributed by atoms with Crippen molar-refractivity contribution in [1.82, 2.24) is 9.88 Å². The number of pyridine rings is 1. The zero-order valence-electron chi connectivity index (χ0n) is 8.91. The molecule has 0 amide bonds. The third kappa shape index (κ3) is 2.14. The van der Waals surface area contributed by atoms with Crippen LogP contribution in [0.1, 0.15) is 30.1 Å². The van der Waals surface area contributed by atoms with Crippen LogP contribution in [-0.2, 0) is 6.54 Å². The summed E-state index contributed by atoms with van der Waals surface area (Å²) in [6.07, 6.45) is 2.40. The second-order valence-corrected chi connectivity index (χ2v) is 4.39. The lowest BCUT2D eigenvalue weighted by molar-refractivity contribution is 0.312. The van der Waals surface area contributed by atoms with Crippen LogP contribution in [0.25, 0.3) is 0 Å². The predicted octanol–water partition coefficient (Wildman–Crippen LogP) is 1.96. The van der Waals surface area contributed by atoms with E-state index in [1.807, 2.05) is 12.1 Å². The second kappa shape index (κ2) is 4.47. The largest absolute Gasteiger partial charge is 0.326 e. The highest BCUT2D eigenvalue weighted by atomic mass is 35.5. The highest BCUT2D eigenvalue weighted by Gasteiger charge is 2.23. The molecule has 4 heteroatoms. The summed E-state index contributed by atoms with van der Waals surface area (Å²) in [6, 6.07) is 4.45.